The number of piperazine rings is 1. The highest BCUT2D eigenvalue weighted by atomic mass is 16.2. The molecule has 2 atom stereocenters. The zero-order valence-corrected chi connectivity index (χ0v) is 16.1. The molecule has 0 aromatic heterocycles. The molecule has 0 aromatic carbocycles. The number of amides is 2. The van der Waals surface area contributed by atoms with Crippen molar-refractivity contribution in [2.45, 2.75) is 77.3 Å². The van der Waals surface area contributed by atoms with Crippen LogP contribution >= 0.6 is 0 Å². The van der Waals surface area contributed by atoms with E-state index in [9.17, 15) is 9.59 Å². The Kier molecular flexibility index (Phi) is 6.37. The molecule has 3 aliphatic rings. The number of hydrogen-bond acceptors (Lipinski definition) is 3. The first kappa shape index (κ1) is 18.7. The van der Waals surface area contributed by atoms with Crippen LogP contribution in [0.25, 0.3) is 0 Å². The lowest BCUT2D eigenvalue weighted by Crippen LogP contribution is -2.60. The Morgan fingerprint density at radius 3 is 2.16 bits per heavy atom. The number of likely N-dealkylation sites (tertiary alicyclic amines) is 1. The molecule has 0 spiro atoms. The molecule has 25 heavy (non-hydrogen) atoms. The number of nitrogens with zero attached hydrogens (tertiary/aromatic N) is 3. The van der Waals surface area contributed by atoms with E-state index in [2.05, 4.69) is 16.7 Å². The first-order chi connectivity index (χ1) is 12.1. The number of piperidine rings is 1. The van der Waals surface area contributed by atoms with Crippen LogP contribution < -0.4 is 0 Å². The van der Waals surface area contributed by atoms with E-state index in [4.69, 9.17) is 0 Å². The van der Waals surface area contributed by atoms with Gasteiger partial charge in [0.2, 0.25) is 11.8 Å². The van der Waals surface area contributed by atoms with E-state index in [-0.39, 0.29) is 11.9 Å². The molecule has 5 heteroatoms. The van der Waals surface area contributed by atoms with E-state index in [0.29, 0.717) is 24.3 Å². The van der Waals surface area contributed by atoms with Gasteiger partial charge in [-0.3, -0.25) is 14.5 Å². The summed E-state index contributed by atoms with van der Waals surface area (Å²) in [6, 6.07) is 0.426. The third-order valence-corrected chi connectivity index (χ3v) is 6.55. The molecule has 2 saturated heterocycles. The van der Waals surface area contributed by atoms with Crippen LogP contribution in [0.5, 0.6) is 0 Å². The van der Waals surface area contributed by atoms with Crippen molar-refractivity contribution in [1.29, 1.82) is 0 Å². The average molecular weight is 350 g/mol. The highest BCUT2D eigenvalue weighted by Crippen LogP contribution is 2.33. The molecule has 0 aromatic rings. The highest BCUT2D eigenvalue weighted by molar-refractivity contribution is 5.83. The summed E-state index contributed by atoms with van der Waals surface area (Å²) in [4.78, 5) is 32.0. The zero-order chi connectivity index (χ0) is 17.8. The highest BCUT2D eigenvalue weighted by Gasteiger charge is 2.40. The Hall–Kier alpha value is -1.10. The van der Waals surface area contributed by atoms with Crippen LogP contribution in [-0.4, -0.2) is 71.3 Å². The van der Waals surface area contributed by atoms with Crippen LogP contribution in [0.3, 0.4) is 0 Å². The molecule has 0 radical (unpaired) electrons. The molecular formula is C20H35N3O2. The second-order valence-corrected chi connectivity index (χ2v) is 8.14. The van der Waals surface area contributed by atoms with E-state index in [0.717, 1.165) is 45.6 Å². The van der Waals surface area contributed by atoms with Gasteiger partial charge >= 0.3 is 0 Å². The van der Waals surface area contributed by atoms with Gasteiger partial charge in [0.15, 0.2) is 0 Å². The minimum absolute atomic E-state index is 0.0435. The predicted molar refractivity (Wildman–Crippen MR) is 99.2 cm³/mol. The Bertz CT molecular complexity index is 468. The van der Waals surface area contributed by atoms with Gasteiger partial charge in [-0.15, -0.1) is 0 Å². The number of carbonyl (C=O) groups excluding carboxylic acids is 2. The Morgan fingerprint density at radius 2 is 1.56 bits per heavy atom. The summed E-state index contributed by atoms with van der Waals surface area (Å²) in [6.07, 6.45) is 9.01. The van der Waals surface area contributed by atoms with Crippen molar-refractivity contribution in [2.24, 2.45) is 5.92 Å². The minimum atomic E-state index is 0.0435. The van der Waals surface area contributed by atoms with Gasteiger partial charge in [0, 0.05) is 45.2 Å². The fourth-order valence-corrected chi connectivity index (χ4v) is 5.00. The van der Waals surface area contributed by atoms with Gasteiger partial charge in [-0.05, 0) is 44.9 Å². The fraction of sp³-hybridized carbons (Fsp3) is 0.900. The maximum atomic E-state index is 13.5. The molecule has 0 bridgehead atoms. The van der Waals surface area contributed by atoms with Crippen LogP contribution in [-0.2, 0) is 9.59 Å². The van der Waals surface area contributed by atoms with Crippen molar-refractivity contribution in [3.05, 3.63) is 0 Å². The number of carbonyl (C=O) groups is 2. The van der Waals surface area contributed by atoms with E-state index in [1.54, 1.807) is 0 Å². The van der Waals surface area contributed by atoms with Crippen LogP contribution in [0.2, 0.25) is 0 Å². The van der Waals surface area contributed by atoms with Crippen LogP contribution in [0, 0.1) is 5.92 Å². The van der Waals surface area contributed by atoms with Crippen molar-refractivity contribution >= 4 is 11.8 Å². The average Bonchev–Trinajstić information content (AvgIpc) is 3.16. The first-order valence-electron chi connectivity index (χ1n) is 10.4. The normalized spacial score (nSPS) is 27.5. The molecule has 5 nitrogen and oxygen atoms in total. The van der Waals surface area contributed by atoms with Gasteiger partial charge in [-0.25, -0.2) is 0 Å². The zero-order valence-electron chi connectivity index (χ0n) is 16.1. The molecule has 2 amide bonds. The summed E-state index contributed by atoms with van der Waals surface area (Å²) in [6.45, 7) is 8.31. The standard InChI is InChI=1S/C20H35N3O2/c1-3-18(24)21-12-14-22(15-13-21)19(17-9-4-5-10-17)20(25)23-11-7-6-8-16(23)2/h16-17,19H,3-15H2,1-2H3. The quantitative estimate of drug-likeness (QED) is 0.783. The third-order valence-electron chi connectivity index (χ3n) is 6.55. The van der Waals surface area contributed by atoms with Gasteiger partial charge in [0.1, 0.15) is 0 Å². The first-order valence-corrected chi connectivity index (χ1v) is 10.4. The molecule has 2 aliphatic heterocycles. The van der Waals surface area contributed by atoms with Crippen molar-refractivity contribution in [3.8, 4) is 0 Å². The monoisotopic (exact) mass is 349 g/mol. The van der Waals surface area contributed by atoms with E-state index in [1.165, 1.54) is 32.1 Å². The minimum Gasteiger partial charge on any atom is -0.340 e. The predicted octanol–water partition coefficient (Wildman–Crippen LogP) is 2.50. The van der Waals surface area contributed by atoms with Gasteiger partial charge in [0.05, 0.1) is 6.04 Å². The van der Waals surface area contributed by atoms with E-state index >= 15 is 0 Å². The number of hydrogen-bond donors (Lipinski definition) is 0. The van der Waals surface area contributed by atoms with E-state index in [1.807, 2.05) is 11.8 Å². The van der Waals surface area contributed by atoms with Crippen molar-refractivity contribution < 1.29 is 9.59 Å². The second-order valence-electron chi connectivity index (χ2n) is 8.14. The lowest BCUT2D eigenvalue weighted by atomic mass is 9.92. The SMILES string of the molecule is CCC(=O)N1CCN(C(C(=O)N2CCCCC2C)C2CCCC2)CC1. The van der Waals surface area contributed by atoms with Crippen LogP contribution in [0.1, 0.15) is 65.2 Å². The summed E-state index contributed by atoms with van der Waals surface area (Å²) in [5, 5.41) is 0. The third kappa shape index (κ3) is 4.18. The summed E-state index contributed by atoms with van der Waals surface area (Å²) in [5.41, 5.74) is 0. The van der Waals surface area contributed by atoms with Crippen molar-refractivity contribution in [2.75, 3.05) is 32.7 Å². The van der Waals surface area contributed by atoms with Gasteiger partial charge in [-0.1, -0.05) is 19.8 Å². The molecule has 2 heterocycles. The van der Waals surface area contributed by atoms with Crippen LogP contribution in [0.4, 0.5) is 0 Å². The molecule has 2 unspecified atom stereocenters. The molecule has 1 aliphatic carbocycles. The summed E-state index contributed by atoms with van der Waals surface area (Å²) < 4.78 is 0. The molecule has 3 rings (SSSR count). The van der Waals surface area contributed by atoms with Gasteiger partial charge in [0.25, 0.3) is 0 Å². The lowest BCUT2D eigenvalue weighted by molar-refractivity contribution is -0.144. The Labute approximate surface area is 152 Å². The summed E-state index contributed by atoms with van der Waals surface area (Å²) in [7, 11) is 0. The summed E-state index contributed by atoms with van der Waals surface area (Å²) in [5.74, 6) is 1.12. The van der Waals surface area contributed by atoms with Gasteiger partial charge in [-0.2, -0.15) is 0 Å². The van der Waals surface area contributed by atoms with Crippen molar-refractivity contribution in [3.63, 3.8) is 0 Å². The molecule has 0 N–H and O–H groups in total. The maximum absolute atomic E-state index is 13.5. The Morgan fingerprint density at radius 1 is 0.920 bits per heavy atom. The summed E-state index contributed by atoms with van der Waals surface area (Å²) >= 11 is 0. The number of rotatable bonds is 4. The molecule has 1 saturated carbocycles. The van der Waals surface area contributed by atoms with Crippen LogP contribution in [0.15, 0.2) is 0 Å². The van der Waals surface area contributed by atoms with E-state index < -0.39 is 0 Å². The molecule has 3 fully saturated rings. The second kappa shape index (κ2) is 8.52. The largest absolute Gasteiger partial charge is 0.340 e. The topological polar surface area (TPSA) is 43.9 Å². The maximum Gasteiger partial charge on any atom is 0.240 e. The molecule has 142 valence electrons. The molecular weight excluding hydrogens is 314 g/mol. The fourth-order valence-electron chi connectivity index (χ4n) is 5.00. The lowest BCUT2D eigenvalue weighted by Gasteiger charge is -2.44. The smallest absolute Gasteiger partial charge is 0.240 e. The Balaban J connectivity index is 1.69. The van der Waals surface area contributed by atoms with Gasteiger partial charge < -0.3 is 9.80 Å². The van der Waals surface area contributed by atoms with Crippen molar-refractivity contribution in [1.82, 2.24) is 14.7 Å².